The van der Waals surface area contributed by atoms with Crippen LogP contribution in [0.15, 0.2) is 65.6 Å². The van der Waals surface area contributed by atoms with E-state index in [4.69, 9.17) is 9.47 Å². The molecule has 3 aromatic carbocycles. The molecule has 10 heteroatoms. The average molecular weight is 648 g/mol. The van der Waals surface area contributed by atoms with Crippen LogP contribution in [-0.2, 0) is 19.1 Å². The molecule has 4 rings (SSSR count). The van der Waals surface area contributed by atoms with E-state index in [0.717, 1.165) is 31.1 Å². The minimum absolute atomic E-state index is 0.505. The quantitative estimate of drug-likeness (QED) is 0.180. The van der Waals surface area contributed by atoms with Crippen molar-refractivity contribution in [3.8, 4) is 0 Å². The highest BCUT2D eigenvalue weighted by Gasteiger charge is 2.57. The molecule has 0 fully saturated rings. The van der Waals surface area contributed by atoms with E-state index in [-0.39, 0.29) is 0 Å². The lowest BCUT2D eigenvalue weighted by Gasteiger charge is -2.39. The molecule has 38 heavy (non-hydrogen) atoms. The molecule has 8 nitrogen and oxygen atoms in total. The number of amides is 3. The number of ether oxygens (including phenoxy) is 2. The van der Waals surface area contributed by atoms with Gasteiger partial charge in [0.25, 0.3) is 5.91 Å². The monoisotopic (exact) mass is 647 g/mol. The smallest absolute Gasteiger partial charge is 0.431 e. The zero-order chi connectivity index (χ0) is 27.9. The molecule has 0 radical (unpaired) electrons. The number of halogens is 1. The molecule has 0 spiro atoms. The second-order valence-corrected chi connectivity index (χ2v) is 13.3. The Morgan fingerprint density at radius 3 is 2.24 bits per heavy atom. The third-order valence-electron chi connectivity index (χ3n) is 5.38. The summed E-state index contributed by atoms with van der Waals surface area (Å²) in [6, 6.07) is 19.1. The molecule has 0 saturated carbocycles. The molecule has 1 aliphatic heterocycles. The number of hydrogen-bond donors (Lipinski definition) is 2. The van der Waals surface area contributed by atoms with E-state index < -0.39 is 34.2 Å². The first-order valence-corrected chi connectivity index (χ1v) is 13.9. The Labute approximate surface area is 239 Å². The Morgan fingerprint density at radius 2 is 1.58 bits per heavy atom. The number of rotatable bonds is 3. The lowest BCUT2D eigenvalue weighted by Crippen LogP contribution is -2.60. The highest BCUT2D eigenvalue weighted by atomic mass is 127. The maximum Gasteiger partial charge on any atom is 0.431 e. The fourth-order valence-electron chi connectivity index (χ4n) is 3.96. The van der Waals surface area contributed by atoms with Crippen LogP contribution in [0, 0.1) is 3.57 Å². The van der Waals surface area contributed by atoms with Gasteiger partial charge in [-0.05, 0) is 105 Å². The molecule has 0 aliphatic carbocycles. The second-order valence-electron chi connectivity index (χ2n) is 10.8. The number of nitrogens with one attached hydrogen (secondary N) is 2. The van der Waals surface area contributed by atoms with E-state index in [9.17, 15) is 14.4 Å². The van der Waals surface area contributed by atoms with Gasteiger partial charge in [0.05, 0.1) is 0 Å². The number of carbonyl (C=O) groups excluding carboxylic acids is 3. The molecule has 200 valence electrons. The number of anilines is 1. The fraction of sp³-hybridized carbons (Fsp3) is 0.321. The molecule has 0 bridgehead atoms. The van der Waals surface area contributed by atoms with Crippen molar-refractivity contribution >= 4 is 68.9 Å². The second kappa shape index (κ2) is 10.3. The molecule has 1 atom stereocenters. The van der Waals surface area contributed by atoms with Crippen molar-refractivity contribution in [3.63, 3.8) is 0 Å². The minimum atomic E-state index is -1.74. The molecule has 3 amide bonds. The van der Waals surface area contributed by atoms with E-state index in [1.165, 1.54) is 0 Å². The van der Waals surface area contributed by atoms with Crippen molar-refractivity contribution < 1.29 is 23.9 Å². The van der Waals surface area contributed by atoms with Crippen LogP contribution < -0.4 is 10.7 Å². The third kappa shape index (κ3) is 6.01. The van der Waals surface area contributed by atoms with E-state index >= 15 is 0 Å². The predicted molar refractivity (Wildman–Crippen MR) is 157 cm³/mol. The average Bonchev–Trinajstić information content (AvgIpc) is 3.06. The first-order chi connectivity index (χ1) is 17.7. The van der Waals surface area contributed by atoms with Crippen LogP contribution in [0.2, 0.25) is 0 Å². The number of nitrogens with zero attached hydrogens (tertiary/aromatic N) is 1. The van der Waals surface area contributed by atoms with E-state index in [0.29, 0.717) is 16.1 Å². The van der Waals surface area contributed by atoms with Crippen LogP contribution in [0.25, 0.3) is 10.8 Å². The molecule has 0 aromatic heterocycles. The van der Waals surface area contributed by atoms with Gasteiger partial charge in [-0.25, -0.2) is 15.0 Å². The van der Waals surface area contributed by atoms with E-state index in [1.807, 2.05) is 54.6 Å². The summed E-state index contributed by atoms with van der Waals surface area (Å²) in [5.74, 6) is -0.505. The number of hydrazine groups is 1. The van der Waals surface area contributed by atoms with Gasteiger partial charge < -0.3 is 14.8 Å². The van der Waals surface area contributed by atoms with Crippen LogP contribution in [0.3, 0.4) is 0 Å². The zero-order valence-electron chi connectivity index (χ0n) is 22.0. The van der Waals surface area contributed by atoms with Crippen molar-refractivity contribution in [3.05, 3.63) is 69.8 Å². The topological polar surface area (TPSA) is 97.0 Å². The van der Waals surface area contributed by atoms with Crippen LogP contribution in [0.5, 0.6) is 0 Å². The molecule has 1 aliphatic rings. The van der Waals surface area contributed by atoms with Gasteiger partial charge in [0.2, 0.25) is 4.87 Å². The molecule has 0 saturated heterocycles. The minimum Gasteiger partial charge on any atom is -0.443 e. The summed E-state index contributed by atoms with van der Waals surface area (Å²) in [7, 11) is 0. The molecule has 3 aromatic rings. The number of fused-ring (bicyclic) bond motifs is 2. The highest BCUT2D eigenvalue weighted by Crippen LogP contribution is 2.51. The maximum atomic E-state index is 13.9. The van der Waals surface area contributed by atoms with Crippen molar-refractivity contribution in [2.24, 2.45) is 0 Å². The summed E-state index contributed by atoms with van der Waals surface area (Å²) in [6.45, 7) is 10.3. The summed E-state index contributed by atoms with van der Waals surface area (Å²) < 4.78 is 12.0. The van der Waals surface area contributed by atoms with Gasteiger partial charge in [0, 0.05) is 19.7 Å². The molecule has 2 N–H and O–H groups in total. The van der Waals surface area contributed by atoms with Gasteiger partial charge in [0.15, 0.2) is 0 Å². The number of thioether (sulfide) groups is 1. The van der Waals surface area contributed by atoms with Gasteiger partial charge in [-0.1, -0.05) is 42.1 Å². The SMILES string of the molecule is CC(C)(C)OC(=O)NN(C(=O)OC(C)(C)C)[C@]1(Sc2ccc3ccccc3c2)C(=O)Nc2ccc(I)cc21. The Bertz CT molecular complexity index is 1420. The highest BCUT2D eigenvalue weighted by molar-refractivity contribution is 14.1. The van der Waals surface area contributed by atoms with Crippen LogP contribution >= 0.6 is 34.4 Å². The summed E-state index contributed by atoms with van der Waals surface area (Å²) in [5, 5.41) is 5.84. The van der Waals surface area contributed by atoms with Crippen molar-refractivity contribution in [2.45, 2.75) is 62.5 Å². The Hall–Kier alpha value is -2.99. The van der Waals surface area contributed by atoms with Crippen molar-refractivity contribution in [2.75, 3.05) is 5.32 Å². The normalized spacial score (nSPS) is 17.0. The van der Waals surface area contributed by atoms with Gasteiger partial charge in [-0.2, -0.15) is 5.01 Å². The van der Waals surface area contributed by atoms with Gasteiger partial charge in [-0.15, -0.1) is 0 Å². The first-order valence-electron chi connectivity index (χ1n) is 12.0. The number of hydrogen-bond acceptors (Lipinski definition) is 6. The van der Waals surface area contributed by atoms with Gasteiger partial charge in [0.1, 0.15) is 11.2 Å². The van der Waals surface area contributed by atoms with Crippen LogP contribution in [0.4, 0.5) is 15.3 Å². The largest absolute Gasteiger partial charge is 0.443 e. The maximum absolute atomic E-state index is 13.9. The number of carbonyl (C=O) groups is 3. The number of benzene rings is 3. The Balaban J connectivity index is 1.90. The lowest BCUT2D eigenvalue weighted by molar-refractivity contribution is -0.123. The van der Waals surface area contributed by atoms with Crippen molar-refractivity contribution in [1.29, 1.82) is 0 Å². The lowest BCUT2D eigenvalue weighted by atomic mass is 10.1. The summed E-state index contributed by atoms with van der Waals surface area (Å²) in [4.78, 5) is 39.7. The Morgan fingerprint density at radius 1 is 0.921 bits per heavy atom. The van der Waals surface area contributed by atoms with Gasteiger partial charge in [-0.3, -0.25) is 4.79 Å². The molecule has 0 unspecified atom stereocenters. The summed E-state index contributed by atoms with van der Waals surface area (Å²) in [6.07, 6.45) is -1.80. The van der Waals surface area contributed by atoms with E-state index in [1.54, 1.807) is 47.6 Å². The molecular weight excluding hydrogens is 617 g/mol. The van der Waals surface area contributed by atoms with E-state index in [2.05, 4.69) is 33.3 Å². The van der Waals surface area contributed by atoms with Gasteiger partial charge >= 0.3 is 12.2 Å². The first kappa shape index (κ1) is 28.0. The molecular formula is C28H30IN3O5S. The molecule has 1 heterocycles. The zero-order valence-corrected chi connectivity index (χ0v) is 25.0. The summed E-state index contributed by atoms with van der Waals surface area (Å²) in [5.41, 5.74) is 1.84. The third-order valence-corrected chi connectivity index (χ3v) is 7.43. The predicted octanol–water partition coefficient (Wildman–Crippen LogP) is 7.02. The fourth-order valence-corrected chi connectivity index (χ4v) is 5.75. The Kier molecular flexibility index (Phi) is 7.59. The van der Waals surface area contributed by atoms with Crippen LogP contribution in [-0.4, -0.2) is 34.3 Å². The van der Waals surface area contributed by atoms with Crippen LogP contribution in [0.1, 0.15) is 47.1 Å². The summed E-state index contributed by atoms with van der Waals surface area (Å²) >= 11 is 3.29. The van der Waals surface area contributed by atoms with Crippen molar-refractivity contribution in [1.82, 2.24) is 10.4 Å². The standard InChI is InChI=1S/C28H30IN3O5S/c1-26(2,3)36-24(34)31-32(25(35)37-27(4,5)6)28(21-16-19(29)12-14-22(21)30-23(28)33)38-20-13-11-17-9-7-8-10-18(17)15-20/h7-16H,1-6H3,(H,30,33)(H,31,34)/t28-/m1/s1.